The first kappa shape index (κ1) is 16.8. The van der Waals surface area contributed by atoms with E-state index in [1.54, 1.807) is 24.3 Å². The molecule has 0 fully saturated rings. The van der Waals surface area contributed by atoms with Crippen molar-refractivity contribution in [3.63, 3.8) is 0 Å². The van der Waals surface area contributed by atoms with Gasteiger partial charge in [-0.05, 0) is 37.1 Å². The van der Waals surface area contributed by atoms with E-state index in [1.165, 1.54) is 12.3 Å². The van der Waals surface area contributed by atoms with Gasteiger partial charge in [0, 0.05) is 17.7 Å². The summed E-state index contributed by atoms with van der Waals surface area (Å²) < 4.78 is 5.23. The highest BCUT2D eigenvalue weighted by molar-refractivity contribution is 6.03. The first-order valence-electron chi connectivity index (χ1n) is 8.26. The third-order valence-electron chi connectivity index (χ3n) is 4.21. The van der Waals surface area contributed by atoms with Crippen LogP contribution in [0.5, 0.6) is 0 Å². The smallest absolute Gasteiger partial charge is 0.262 e. The Morgan fingerprint density at radius 2 is 2.08 bits per heavy atom. The molecular formula is C18H20N4O3. The van der Waals surface area contributed by atoms with Crippen LogP contribution in [0.15, 0.2) is 45.8 Å². The molecule has 25 heavy (non-hydrogen) atoms. The number of aromatic nitrogens is 3. The molecule has 1 amide bonds. The van der Waals surface area contributed by atoms with Gasteiger partial charge in [0.05, 0.1) is 12.0 Å². The van der Waals surface area contributed by atoms with Crippen molar-refractivity contribution in [3.05, 3.63) is 58.2 Å². The normalized spacial score (nSPS) is 11.0. The number of rotatable bonds is 6. The van der Waals surface area contributed by atoms with Gasteiger partial charge in [0.25, 0.3) is 11.5 Å². The Hall–Kier alpha value is -3.09. The fourth-order valence-corrected chi connectivity index (χ4v) is 2.75. The number of H-pyrrole nitrogens is 2. The average molecular weight is 340 g/mol. The first-order valence-corrected chi connectivity index (χ1v) is 8.26. The summed E-state index contributed by atoms with van der Waals surface area (Å²) in [6.45, 7) is 4.21. The highest BCUT2D eigenvalue weighted by atomic mass is 16.3. The molecule has 0 spiro atoms. The molecule has 0 saturated carbocycles. The number of carbonyl (C=O) groups is 1. The summed E-state index contributed by atoms with van der Waals surface area (Å²) in [6, 6.07) is 8.37. The number of aromatic amines is 2. The van der Waals surface area contributed by atoms with E-state index < -0.39 is 11.5 Å². The molecule has 3 heterocycles. The molecule has 7 nitrogen and oxygen atoms in total. The second-order valence-corrected chi connectivity index (χ2v) is 5.77. The molecule has 0 aromatic carbocycles. The molecule has 130 valence electrons. The van der Waals surface area contributed by atoms with Crippen molar-refractivity contribution in [3.8, 4) is 11.5 Å². The third-order valence-corrected chi connectivity index (χ3v) is 4.21. The summed E-state index contributed by atoms with van der Waals surface area (Å²) in [4.78, 5) is 27.2. The molecule has 0 atom stereocenters. The first-order chi connectivity index (χ1) is 12.1. The van der Waals surface area contributed by atoms with Crippen LogP contribution in [0.4, 0.5) is 5.82 Å². The van der Waals surface area contributed by atoms with Crippen molar-refractivity contribution in [2.24, 2.45) is 0 Å². The minimum absolute atomic E-state index is 0.0161. The molecule has 3 aromatic rings. The Morgan fingerprint density at radius 3 is 2.72 bits per heavy atom. The number of hydrogen-bond acceptors (Lipinski definition) is 4. The molecule has 3 rings (SSSR count). The van der Waals surface area contributed by atoms with Gasteiger partial charge in [0.2, 0.25) is 0 Å². The molecule has 0 aliphatic heterocycles. The molecule has 3 N–H and O–H groups in total. The van der Waals surface area contributed by atoms with E-state index in [0.29, 0.717) is 23.2 Å². The van der Waals surface area contributed by atoms with Crippen LogP contribution >= 0.6 is 0 Å². The van der Waals surface area contributed by atoms with Crippen LogP contribution in [-0.4, -0.2) is 21.1 Å². The van der Waals surface area contributed by atoms with E-state index in [4.69, 9.17) is 4.42 Å². The minimum Gasteiger partial charge on any atom is -0.463 e. The number of nitrogens with zero attached hydrogens (tertiary/aromatic N) is 1. The van der Waals surface area contributed by atoms with Crippen LogP contribution in [0.25, 0.3) is 11.5 Å². The van der Waals surface area contributed by atoms with Crippen molar-refractivity contribution in [1.82, 2.24) is 15.2 Å². The van der Waals surface area contributed by atoms with Gasteiger partial charge in [-0.1, -0.05) is 13.8 Å². The topological polar surface area (TPSA) is 104 Å². The van der Waals surface area contributed by atoms with Gasteiger partial charge in [-0.15, -0.1) is 0 Å². The van der Waals surface area contributed by atoms with Gasteiger partial charge in [-0.3, -0.25) is 14.7 Å². The highest BCUT2D eigenvalue weighted by Crippen LogP contribution is 2.23. The van der Waals surface area contributed by atoms with E-state index in [0.717, 1.165) is 18.5 Å². The van der Waals surface area contributed by atoms with E-state index >= 15 is 0 Å². The van der Waals surface area contributed by atoms with Crippen LogP contribution < -0.4 is 10.9 Å². The molecule has 0 bridgehead atoms. The summed E-state index contributed by atoms with van der Waals surface area (Å²) in [5.74, 6) is 0.802. The summed E-state index contributed by atoms with van der Waals surface area (Å²) in [7, 11) is 0. The number of furan rings is 1. The van der Waals surface area contributed by atoms with Crippen LogP contribution in [-0.2, 0) is 0 Å². The zero-order chi connectivity index (χ0) is 17.8. The van der Waals surface area contributed by atoms with E-state index in [-0.39, 0.29) is 5.56 Å². The lowest BCUT2D eigenvalue weighted by molar-refractivity contribution is 0.102. The van der Waals surface area contributed by atoms with Crippen LogP contribution in [0.2, 0.25) is 0 Å². The molecule has 7 heteroatoms. The van der Waals surface area contributed by atoms with Crippen molar-refractivity contribution < 1.29 is 9.21 Å². The second kappa shape index (κ2) is 7.21. The van der Waals surface area contributed by atoms with Gasteiger partial charge < -0.3 is 14.7 Å². The molecule has 0 radical (unpaired) electrons. The maximum atomic E-state index is 12.3. The Morgan fingerprint density at radius 1 is 1.28 bits per heavy atom. The number of nitrogens with one attached hydrogen (secondary N) is 3. The van der Waals surface area contributed by atoms with Gasteiger partial charge in [-0.25, -0.2) is 0 Å². The quantitative estimate of drug-likeness (QED) is 0.638. The number of amides is 1. The van der Waals surface area contributed by atoms with E-state index in [2.05, 4.69) is 34.3 Å². The summed E-state index contributed by atoms with van der Waals surface area (Å²) in [5.41, 5.74) is 1.02. The maximum absolute atomic E-state index is 12.3. The highest BCUT2D eigenvalue weighted by Gasteiger charge is 2.15. The fraction of sp³-hybridized carbons (Fsp3) is 0.278. The van der Waals surface area contributed by atoms with E-state index in [9.17, 15) is 9.59 Å². The average Bonchev–Trinajstić information content (AvgIpc) is 3.28. The molecular weight excluding hydrogens is 320 g/mol. The van der Waals surface area contributed by atoms with Gasteiger partial charge >= 0.3 is 0 Å². The van der Waals surface area contributed by atoms with Crippen molar-refractivity contribution in [2.75, 3.05) is 5.32 Å². The SMILES string of the molecule is CCC(CC)c1cc(NC(=O)c2ccc(-c3ccco3)[nH]c2=O)n[nH]1. The molecule has 0 saturated heterocycles. The second-order valence-electron chi connectivity index (χ2n) is 5.77. The maximum Gasteiger partial charge on any atom is 0.262 e. The summed E-state index contributed by atoms with van der Waals surface area (Å²) >= 11 is 0. The largest absolute Gasteiger partial charge is 0.463 e. The third kappa shape index (κ3) is 3.55. The lowest BCUT2D eigenvalue weighted by atomic mass is 10.00. The molecule has 0 unspecified atom stereocenters. The van der Waals surface area contributed by atoms with Gasteiger partial charge in [0.15, 0.2) is 5.82 Å². The fourth-order valence-electron chi connectivity index (χ4n) is 2.75. The monoisotopic (exact) mass is 340 g/mol. The predicted octanol–water partition coefficient (Wildman–Crippen LogP) is 3.51. The summed E-state index contributed by atoms with van der Waals surface area (Å²) in [5, 5.41) is 9.70. The van der Waals surface area contributed by atoms with E-state index in [1.807, 2.05) is 0 Å². The van der Waals surface area contributed by atoms with Gasteiger partial charge in [-0.2, -0.15) is 5.10 Å². The van der Waals surface area contributed by atoms with Gasteiger partial charge in [0.1, 0.15) is 11.3 Å². The Kier molecular flexibility index (Phi) is 4.83. The Labute approximate surface area is 144 Å². The van der Waals surface area contributed by atoms with Crippen molar-refractivity contribution in [1.29, 1.82) is 0 Å². The molecule has 0 aliphatic carbocycles. The number of carbonyl (C=O) groups excluding carboxylic acids is 1. The Bertz CT molecular complexity index is 905. The van der Waals surface area contributed by atoms with Crippen LogP contribution in [0, 0.1) is 0 Å². The van der Waals surface area contributed by atoms with Crippen LogP contribution in [0.1, 0.15) is 48.7 Å². The minimum atomic E-state index is -0.505. The van der Waals surface area contributed by atoms with Crippen molar-refractivity contribution >= 4 is 11.7 Å². The van der Waals surface area contributed by atoms with Crippen molar-refractivity contribution in [2.45, 2.75) is 32.6 Å². The Balaban J connectivity index is 1.77. The molecule has 3 aromatic heterocycles. The number of hydrogen-bond donors (Lipinski definition) is 3. The lowest BCUT2D eigenvalue weighted by Crippen LogP contribution is -2.23. The van der Waals surface area contributed by atoms with Crippen LogP contribution in [0.3, 0.4) is 0 Å². The number of anilines is 1. The zero-order valence-electron chi connectivity index (χ0n) is 14.1. The standard InChI is InChI=1S/C18H20N4O3/c1-3-11(4-2)14-10-16(22-21-14)20-18(24)12-7-8-13(19-17(12)23)15-6-5-9-25-15/h5-11H,3-4H2,1-2H3,(H,19,23)(H2,20,21,22,24). The lowest BCUT2D eigenvalue weighted by Gasteiger charge is -2.07. The summed E-state index contributed by atoms with van der Waals surface area (Å²) in [6.07, 6.45) is 3.49. The number of pyridine rings is 1. The molecule has 0 aliphatic rings. The predicted molar refractivity (Wildman–Crippen MR) is 94.6 cm³/mol. The zero-order valence-corrected chi connectivity index (χ0v) is 14.1.